The lowest BCUT2D eigenvalue weighted by atomic mass is 9.93. The van der Waals surface area contributed by atoms with Crippen molar-refractivity contribution in [3.05, 3.63) is 35.8 Å². The van der Waals surface area contributed by atoms with Gasteiger partial charge in [0.05, 0.1) is 37.6 Å². The molecule has 164 valence electrons. The lowest BCUT2D eigenvalue weighted by molar-refractivity contribution is -0.0204. The van der Waals surface area contributed by atoms with Crippen molar-refractivity contribution in [3.63, 3.8) is 0 Å². The third kappa shape index (κ3) is 5.58. The summed E-state index contributed by atoms with van der Waals surface area (Å²) in [5, 5.41) is 3.52. The van der Waals surface area contributed by atoms with E-state index in [1.165, 1.54) is 6.20 Å². The molecule has 7 nitrogen and oxygen atoms in total. The lowest BCUT2D eigenvalue weighted by Crippen LogP contribution is -2.51. The molecule has 1 saturated heterocycles. The van der Waals surface area contributed by atoms with Crippen LogP contribution in [0.1, 0.15) is 39.2 Å². The molecular formula is C22H30FN3O4. The Hall–Kier alpha value is -2.45. The fourth-order valence-corrected chi connectivity index (χ4v) is 3.60. The summed E-state index contributed by atoms with van der Waals surface area (Å²) >= 11 is 0. The molecule has 0 radical (unpaired) electrons. The Morgan fingerprint density at radius 1 is 1.40 bits per heavy atom. The van der Waals surface area contributed by atoms with Crippen LogP contribution < -0.4 is 15.8 Å². The number of alkyl carbamates (subject to hydrolysis) is 1. The molecule has 3 atom stereocenters. The molecule has 1 unspecified atom stereocenters. The highest BCUT2D eigenvalue weighted by Gasteiger charge is 2.31. The first-order valence-corrected chi connectivity index (χ1v) is 10.1. The van der Waals surface area contributed by atoms with Crippen molar-refractivity contribution in [2.45, 2.75) is 63.8 Å². The van der Waals surface area contributed by atoms with Crippen LogP contribution in [0, 0.1) is 5.82 Å². The predicted octanol–water partition coefficient (Wildman–Crippen LogP) is 3.32. The number of benzene rings is 1. The number of nitrogens with one attached hydrogen (secondary N) is 1. The fraction of sp³-hybridized carbons (Fsp3) is 0.545. The van der Waals surface area contributed by atoms with E-state index in [0.717, 1.165) is 6.42 Å². The van der Waals surface area contributed by atoms with Crippen LogP contribution in [0.25, 0.3) is 10.9 Å². The van der Waals surface area contributed by atoms with Crippen molar-refractivity contribution in [2.24, 2.45) is 5.73 Å². The van der Waals surface area contributed by atoms with Crippen LogP contribution in [0.5, 0.6) is 5.75 Å². The maximum absolute atomic E-state index is 14.8. The van der Waals surface area contributed by atoms with E-state index in [-0.39, 0.29) is 18.6 Å². The molecule has 1 aromatic heterocycles. The van der Waals surface area contributed by atoms with Gasteiger partial charge in [0.25, 0.3) is 0 Å². The summed E-state index contributed by atoms with van der Waals surface area (Å²) in [6.07, 6.45) is 1.98. The van der Waals surface area contributed by atoms with E-state index in [2.05, 4.69) is 10.3 Å². The van der Waals surface area contributed by atoms with Crippen molar-refractivity contribution < 1.29 is 23.4 Å². The van der Waals surface area contributed by atoms with Gasteiger partial charge in [0, 0.05) is 17.0 Å². The van der Waals surface area contributed by atoms with E-state index in [0.29, 0.717) is 35.2 Å². The van der Waals surface area contributed by atoms with Gasteiger partial charge in [0.2, 0.25) is 0 Å². The maximum Gasteiger partial charge on any atom is 0.407 e. The number of aromatic nitrogens is 1. The minimum absolute atomic E-state index is 0.0359. The zero-order chi connectivity index (χ0) is 21.9. The molecule has 1 fully saturated rings. The van der Waals surface area contributed by atoms with Crippen LogP contribution in [0.2, 0.25) is 0 Å². The highest BCUT2D eigenvalue weighted by molar-refractivity contribution is 5.83. The second kappa shape index (κ2) is 9.14. The smallest absolute Gasteiger partial charge is 0.407 e. The molecule has 8 heteroatoms. The molecule has 2 aromatic rings. The van der Waals surface area contributed by atoms with E-state index in [1.807, 2.05) is 0 Å². The van der Waals surface area contributed by atoms with Gasteiger partial charge in [-0.2, -0.15) is 0 Å². The van der Waals surface area contributed by atoms with Gasteiger partial charge >= 0.3 is 6.09 Å². The molecular weight excluding hydrogens is 389 g/mol. The van der Waals surface area contributed by atoms with Crippen molar-refractivity contribution in [1.29, 1.82) is 0 Å². The molecule has 1 aliphatic rings. The van der Waals surface area contributed by atoms with Gasteiger partial charge in [-0.3, -0.25) is 4.98 Å². The summed E-state index contributed by atoms with van der Waals surface area (Å²) < 4.78 is 31.4. The zero-order valence-electron chi connectivity index (χ0n) is 17.9. The van der Waals surface area contributed by atoms with Crippen molar-refractivity contribution >= 4 is 17.0 Å². The normalized spacial score (nSPS) is 20.6. The minimum atomic E-state index is -0.646. The van der Waals surface area contributed by atoms with Gasteiger partial charge in [0.1, 0.15) is 17.2 Å². The van der Waals surface area contributed by atoms with Crippen LogP contribution in [0.3, 0.4) is 0 Å². The van der Waals surface area contributed by atoms with Crippen molar-refractivity contribution in [1.82, 2.24) is 10.3 Å². The SMILES string of the molecule is COc1ccc2ncc(F)c(CC(NC(=O)OC(C)(C)C)[C@@H]3CC[C@@H](N)CO3)c2c1. The van der Waals surface area contributed by atoms with Crippen LogP contribution in [-0.4, -0.2) is 48.6 Å². The Labute approximate surface area is 176 Å². The van der Waals surface area contributed by atoms with Gasteiger partial charge < -0.3 is 25.3 Å². The Balaban J connectivity index is 1.92. The monoisotopic (exact) mass is 419 g/mol. The molecule has 1 aliphatic heterocycles. The molecule has 3 rings (SSSR count). The first kappa shape index (κ1) is 22.2. The minimum Gasteiger partial charge on any atom is -0.497 e. The van der Waals surface area contributed by atoms with Crippen LogP contribution in [0.15, 0.2) is 24.4 Å². The number of fused-ring (bicyclic) bond motifs is 1. The third-order valence-corrected chi connectivity index (χ3v) is 5.06. The quantitative estimate of drug-likeness (QED) is 0.772. The summed E-state index contributed by atoms with van der Waals surface area (Å²) in [5.74, 6) is 0.159. The topological polar surface area (TPSA) is 95.7 Å². The first-order valence-electron chi connectivity index (χ1n) is 10.1. The maximum atomic E-state index is 14.8. The van der Waals surface area contributed by atoms with Crippen LogP contribution in [-0.2, 0) is 15.9 Å². The number of hydrogen-bond acceptors (Lipinski definition) is 6. The summed E-state index contributed by atoms with van der Waals surface area (Å²) in [6.45, 7) is 5.77. The average molecular weight is 419 g/mol. The highest BCUT2D eigenvalue weighted by atomic mass is 19.1. The number of nitrogens with zero attached hydrogens (tertiary/aromatic N) is 1. The summed E-state index contributed by atoms with van der Waals surface area (Å²) in [6, 6.07) is 4.79. The van der Waals surface area contributed by atoms with E-state index in [9.17, 15) is 9.18 Å². The molecule has 1 amide bonds. The van der Waals surface area contributed by atoms with E-state index in [1.54, 1.807) is 46.1 Å². The van der Waals surface area contributed by atoms with Crippen molar-refractivity contribution in [2.75, 3.05) is 13.7 Å². The van der Waals surface area contributed by atoms with Gasteiger partial charge in [-0.05, 0) is 58.2 Å². The zero-order valence-corrected chi connectivity index (χ0v) is 17.9. The molecule has 3 N–H and O–H groups in total. The Morgan fingerprint density at radius 2 is 2.17 bits per heavy atom. The summed E-state index contributed by atoms with van der Waals surface area (Å²) in [7, 11) is 1.56. The molecule has 0 bridgehead atoms. The van der Waals surface area contributed by atoms with Gasteiger partial charge in [-0.1, -0.05) is 0 Å². The number of amides is 1. The van der Waals surface area contributed by atoms with Gasteiger partial charge in [0.15, 0.2) is 0 Å². The highest BCUT2D eigenvalue weighted by Crippen LogP contribution is 2.27. The summed E-state index contributed by atoms with van der Waals surface area (Å²) in [5.41, 5.74) is 6.39. The van der Waals surface area contributed by atoms with Crippen LogP contribution in [0.4, 0.5) is 9.18 Å². The second-order valence-electron chi connectivity index (χ2n) is 8.63. The molecule has 1 aromatic carbocycles. The van der Waals surface area contributed by atoms with Gasteiger partial charge in [-0.15, -0.1) is 0 Å². The number of halogens is 1. The molecule has 30 heavy (non-hydrogen) atoms. The number of rotatable bonds is 5. The number of pyridine rings is 1. The number of hydrogen-bond donors (Lipinski definition) is 2. The number of methoxy groups -OCH3 is 1. The van der Waals surface area contributed by atoms with E-state index in [4.69, 9.17) is 19.9 Å². The predicted molar refractivity (Wildman–Crippen MR) is 112 cm³/mol. The number of carbonyl (C=O) groups is 1. The molecule has 2 heterocycles. The largest absolute Gasteiger partial charge is 0.497 e. The standard InChI is InChI=1S/C22H30FN3O4/c1-22(2,3)30-21(27)26-19(20-8-5-13(24)12-29-20)10-15-16-9-14(28-4)6-7-18(16)25-11-17(15)23/h6-7,9,11,13,19-20H,5,8,10,12,24H2,1-4H3,(H,26,27)/t13-,19?,20+/m1/s1. The number of ether oxygens (including phenoxy) is 3. The summed E-state index contributed by atoms with van der Waals surface area (Å²) in [4.78, 5) is 16.6. The fourth-order valence-electron chi connectivity index (χ4n) is 3.60. The average Bonchev–Trinajstić information content (AvgIpc) is 2.68. The Bertz CT molecular complexity index is 892. The lowest BCUT2D eigenvalue weighted by Gasteiger charge is -2.34. The molecule has 0 saturated carbocycles. The van der Waals surface area contributed by atoms with E-state index >= 15 is 0 Å². The Kier molecular flexibility index (Phi) is 6.77. The van der Waals surface area contributed by atoms with Gasteiger partial charge in [-0.25, -0.2) is 9.18 Å². The molecule has 0 aliphatic carbocycles. The second-order valence-corrected chi connectivity index (χ2v) is 8.63. The number of carbonyl (C=O) groups excluding carboxylic acids is 1. The first-order chi connectivity index (χ1) is 14.2. The molecule has 0 spiro atoms. The third-order valence-electron chi connectivity index (χ3n) is 5.06. The number of nitrogens with two attached hydrogens (primary N) is 1. The van der Waals surface area contributed by atoms with Crippen molar-refractivity contribution in [3.8, 4) is 5.75 Å². The Morgan fingerprint density at radius 3 is 2.80 bits per heavy atom. The van der Waals surface area contributed by atoms with Crippen LogP contribution >= 0.6 is 0 Å². The van der Waals surface area contributed by atoms with E-state index < -0.39 is 23.6 Å².